The molecule has 0 radical (unpaired) electrons. The Morgan fingerprint density at radius 1 is 1.41 bits per heavy atom. The highest BCUT2D eigenvalue weighted by Crippen LogP contribution is 2.27. The average molecular weight is 370 g/mol. The highest BCUT2D eigenvalue weighted by Gasteiger charge is 2.30. The molecule has 4 rings (SSSR count). The van der Waals surface area contributed by atoms with Crippen LogP contribution in [0, 0.1) is 6.92 Å². The van der Waals surface area contributed by atoms with Crippen LogP contribution >= 0.6 is 0 Å². The first kappa shape index (κ1) is 17.7. The third kappa shape index (κ3) is 3.33. The number of aliphatic hydroxyl groups is 1. The third-order valence-corrected chi connectivity index (χ3v) is 5.06. The smallest absolute Gasteiger partial charge is 0.341 e. The molecule has 1 N–H and O–H groups in total. The molecule has 0 saturated carbocycles. The van der Waals surface area contributed by atoms with Crippen LogP contribution in [0.25, 0.3) is 16.6 Å². The molecule has 8 heteroatoms. The fourth-order valence-corrected chi connectivity index (χ4v) is 3.51. The van der Waals surface area contributed by atoms with Gasteiger partial charge in [-0.3, -0.25) is 4.68 Å². The lowest BCUT2D eigenvalue weighted by molar-refractivity contribution is -0.0745. The molecule has 0 aromatic carbocycles. The van der Waals surface area contributed by atoms with Crippen LogP contribution in [0.3, 0.4) is 0 Å². The summed E-state index contributed by atoms with van der Waals surface area (Å²) in [5.74, 6) is -0.420. The van der Waals surface area contributed by atoms with Gasteiger partial charge >= 0.3 is 5.97 Å². The number of methoxy groups -OCH3 is 1. The van der Waals surface area contributed by atoms with Gasteiger partial charge < -0.3 is 14.6 Å². The number of ether oxygens (including phenoxy) is 2. The van der Waals surface area contributed by atoms with Crippen molar-refractivity contribution in [1.82, 2.24) is 19.4 Å². The Kier molecular flexibility index (Phi) is 4.45. The average Bonchev–Trinajstić information content (AvgIpc) is 3.24. The van der Waals surface area contributed by atoms with Crippen LogP contribution in [0.2, 0.25) is 0 Å². The van der Waals surface area contributed by atoms with Gasteiger partial charge in [0.05, 0.1) is 36.7 Å². The van der Waals surface area contributed by atoms with Crippen LogP contribution in [0.1, 0.15) is 28.9 Å². The highest BCUT2D eigenvalue weighted by atomic mass is 16.5. The number of carbonyl (C=O) groups is 1. The van der Waals surface area contributed by atoms with Gasteiger partial charge in [0.2, 0.25) is 0 Å². The molecule has 0 amide bonds. The Bertz CT molecular complexity index is 985. The number of esters is 1. The summed E-state index contributed by atoms with van der Waals surface area (Å²) in [5.41, 5.74) is 3.03. The van der Waals surface area contributed by atoms with Crippen molar-refractivity contribution in [3.8, 4) is 11.1 Å². The second-order valence-corrected chi connectivity index (χ2v) is 6.96. The molecule has 4 heterocycles. The van der Waals surface area contributed by atoms with E-state index in [1.165, 1.54) is 13.3 Å². The van der Waals surface area contributed by atoms with E-state index in [0.717, 1.165) is 16.8 Å². The Labute approximate surface area is 156 Å². The number of hydrogen-bond donors (Lipinski definition) is 1. The van der Waals surface area contributed by atoms with E-state index < -0.39 is 11.6 Å². The lowest BCUT2D eigenvalue weighted by atomic mass is 9.94. The highest BCUT2D eigenvalue weighted by molar-refractivity contribution is 5.97. The van der Waals surface area contributed by atoms with Gasteiger partial charge in [-0.25, -0.2) is 9.31 Å². The zero-order valence-corrected chi connectivity index (χ0v) is 15.4. The van der Waals surface area contributed by atoms with Crippen molar-refractivity contribution in [1.29, 1.82) is 0 Å². The molecule has 0 atom stereocenters. The van der Waals surface area contributed by atoms with Crippen LogP contribution in [-0.4, -0.2) is 56.4 Å². The maximum atomic E-state index is 11.9. The van der Waals surface area contributed by atoms with Crippen molar-refractivity contribution in [2.75, 3.05) is 20.3 Å². The Morgan fingerprint density at radius 2 is 2.19 bits per heavy atom. The minimum absolute atomic E-state index is 0.418. The topological polar surface area (TPSA) is 90.9 Å². The summed E-state index contributed by atoms with van der Waals surface area (Å²) in [6.45, 7) is 3.50. The lowest BCUT2D eigenvalue weighted by Gasteiger charge is -2.31. The second kappa shape index (κ2) is 6.79. The number of rotatable bonds is 4. The zero-order valence-electron chi connectivity index (χ0n) is 15.4. The first-order valence-corrected chi connectivity index (χ1v) is 8.89. The molecule has 0 bridgehead atoms. The van der Waals surface area contributed by atoms with E-state index in [0.29, 0.717) is 43.7 Å². The van der Waals surface area contributed by atoms with E-state index in [-0.39, 0.29) is 0 Å². The summed E-state index contributed by atoms with van der Waals surface area (Å²) < 4.78 is 13.6. The van der Waals surface area contributed by atoms with E-state index in [2.05, 4.69) is 10.2 Å². The van der Waals surface area contributed by atoms with Gasteiger partial charge in [0.15, 0.2) is 0 Å². The number of aromatic nitrogens is 4. The standard InChI is InChI=1S/C19H22N4O4/c1-13-16(11-22(21-13)12-19(25)4-7-27-8-5-19)14-3-6-23-17(9-14)15(10-20-23)18(24)26-2/h3,6,9-11,25H,4-5,7-8,12H2,1-2H3. The quantitative estimate of drug-likeness (QED) is 0.705. The van der Waals surface area contributed by atoms with Gasteiger partial charge in [0, 0.05) is 44.0 Å². The van der Waals surface area contributed by atoms with E-state index in [9.17, 15) is 9.90 Å². The van der Waals surface area contributed by atoms with Gasteiger partial charge in [-0.15, -0.1) is 0 Å². The van der Waals surface area contributed by atoms with Crippen LogP contribution in [0.15, 0.2) is 30.7 Å². The molecule has 1 aliphatic heterocycles. The molecule has 3 aromatic rings. The van der Waals surface area contributed by atoms with Crippen LogP contribution in [0.5, 0.6) is 0 Å². The summed E-state index contributed by atoms with van der Waals surface area (Å²) in [6.07, 6.45) is 6.45. The fraction of sp³-hybridized carbons (Fsp3) is 0.421. The molecule has 0 unspecified atom stereocenters. The van der Waals surface area contributed by atoms with Gasteiger partial charge in [0.1, 0.15) is 5.56 Å². The van der Waals surface area contributed by atoms with Crippen molar-refractivity contribution in [2.45, 2.75) is 31.9 Å². The van der Waals surface area contributed by atoms with Crippen LogP contribution < -0.4 is 0 Å². The minimum Gasteiger partial charge on any atom is -0.465 e. The molecule has 27 heavy (non-hydrogen) atoms. The van der Waals surface area contributed by atoms with E-state index in [1.54, 1.807) is 15.4 Å². The summed E-state index contributed by atoms with van der Waals surface area (Å²) in [4.78, 5) is 11.9. The molecule has 3 aromatic heterocycles. The number of carbonyl (C=O) groups excluding carboxylic acids is 1. The number of hydrogen-bond acceptors (Lipinski definition) is 6. The molecule has 142 valence electrons. The van der Waals surface area contributed by atoms with Gasteiger partial charge in [-0.1, -0.05) is 0 Å². The normalized spacial score (nSPS) is 16.6. The summed E-state index contributed by atoms with van der Waals surface area (Å²) >= 11 is 0. The number of nitrogens with zero attached hydrogens (tertiary/aromatic N) is 4. The van der Waals surface area contributed by atoms with Crippen molar-refractivity contribution >= 4 is 11.5 Å². The zero-order chi connectivity index (χ0) is 19.0. The molecule has 1 aliphatic rings. The molecule has 1 fully saturated rings. The summed E-state index contributed by atoms with van der Waals surface area (Å²) in [5, 5.41) is 19.5. The lowest BCUT2D eigenvalue weighted by Crippen LogP contribution is -2.40. The van der Waals surface area contributed by atoms with Crippen LogP contribution in [0.4, 0.5) is 0 Å². The van der Waals surface area contributed by atoms with Gasteiger partial charge in [-0.2, -0.15) is 10.2 Å². The minimum atomic E-state index is -0.790. The Hall–Kier alpha value is -2.71. The largest absolute Gasteiger partial charge is 0.465 e. The predicted octanol–water partition coefficient (Wildman–Crippen LogP) is 1.83. The van der Waals surface area contributed by atoms with E-state index >= 15 is 0 Å². The van der Waals surface area contributed by atoms with Crippen molar-refractivity contribution < 1.29 is 19.4 Å². The molecular weight excluding hydrogens is 348 g/mol. The molecule has 0 spiro atoms. The number of fused-ring (bicyclic) bond motifs is 1. The predicted molar refractivity (Wildman–Crippen MR) is 97.5 cm³/mol. The van der Waals surface area contributed by atoms with Crippen molar-refractivity contribution in [2.24, 2.45) is 0 Å². The van der Waals surface area contributed by atoms with Gasteiger partial charge in [0.25, 0.3) is 0 Å². The van der Waals surface area contributed by atoms with Gasteiger partial charge in [-0.05, 0) is 24.6 Å². The first-order valence-electron chi connectivity index (χ1n) is 8.89. The molecule has 1 saturated heterocycles. The molecule has 0 aliphatic carbocycles. The summed E-state index contributed by atoms with van der Waals surface area (Å²) in [6, 6.07) is 3.83. The van der Waals surface area contributed by atoms with Crippen molar-refractivity contribution in [3.05, 3.63) is 42.0 Å². The second-order valence-electron chi connectivity index (χ2n) is 6.96. The Balaban J connectivity index is 1.67. The fourth-order valence-electron chi connectivity index (χ4n) is 3.51. The number of aryl methyl sites for hydroxylation is 1. The molecule has 8 nitrogen and oxygen atoms in total. The van der Waals surface area contributed by atoms with Crippen LogP contribution in [-0.2, 0) is 16.0 Å². The van der Waals surface area contributed by atoms with E-state index in [4.69, 9.17) is 9.47 Å². The SMILES string of the molecule is COC(=O)c1cnn2ccc(-c3cn(CC4(O)CCOCC4)nc3C)cc12. The Morgan fingerprint density at radius 3 is 2.93 bits per heavy atom. The molecular formula is C19H22N4O4. The third-order valence-electron chi connectivity index (χ3n) is 5.06. The first-order chi connectivity index (χ1) is 13.0. The van der Waals surface area contributed by atoms with Crippen molar-refractivity contribution in [3.63, 3.8) is 0 Å². The van der Waals surface area contributed by atoms with E-state index in [1.807, 2.05) is 25.3 Å². The monoisotopic (exact) mass is 370 g/mol. The maximum absolute atomic E-state index is 11.9. The maximum Gasteiger partial charge on any atom is 0.341 e. The number of pyridine rings is 1. The summed E-state index contributed by atoms with van der Waals surface area (Å²) in [7, 11) is 1.35.